The summed E-state index contributed by atoms with van der Waals surface area (Å²) in [4.78, 5) is 12.6. The van der Waals surface area contributed by atoms with Crippen molar-refractivity contribution in [1.29, 1.82) is 0 Å². The molecule has 0 atom stereocenters. The van der Waals surface area contributed by atoms with Crippen molar-refractivity contribution in [2.24, 2.45) is 0 Å². The highest BCUT2D eigenvalue weighted by Crippen LogP contribution is 2.29. The van der Waals surface area contributed by atoms with Crippen LogP contribution in [-0.4, -0.2) is 21.4 Å². The number of ether oxygens (including phenoxy) is 1. The molecule has 5 nitrogen and oxygen atoms in total. The normalized spacial score (nSPS) is 11.9. The molecule has 0 fully saturated rings. The molecule has 164 valence electrons. The zero-order valence-corrected chi connectivity index (χ0v) is 18.0. The summed E-state index contributed by atoms with van der Waals surface area (Å²) in [6, 6.07) is 12.0. The third kappa shape index (κ3) is 5.75. The van der Waals surface area contributed by atoms with E-state index < -0.39 is 23.4 Å². The maximum absolute atomic E-state index is 12.7. The van der Waals surface area contributed by atoms with Gasteiger partial charge in [-0.25, -0.2) is 4.79 Å². The predicted molar refractivity (Wildman–Crippen MR) is 118 cm³/mol. The van der Waals surface area contributed by atoms with Crippen molar-refractivity contribution in [3.8, 4) is 0 Å². The lowest BCUT2D eigenvalue weighted by molar-refractivity contribution is -0.137. The summed E-state index contributed by atoms with van der Waals surface area (Å²) in [7, 11) is 0. The Morgan fingerprint density at radius 1 is 1.06 bits per heavy atom. The van der Waals surface area contributed by atoms with Gasteiger partial charge in [-0.1, -0.05) is 18.2 Å². The van der Waals surface area contributed by atoms with Crippen molar-refractivity contribution in [2.45, 2.75) is 39.1 Å². The number of rotatable bonds is 3. The average Bonchev–Trinajstić information content (AvgIpc) is 3.04. The highest BCUT2D eigenvalue weighted by molar-refractivity contribution is 7.80. The van der Waals surface area contributed by atoms with Crippen molar-refractivity contribution in [3.63, 3.8) is 0 Å². The van der Waals surface area contributed by atoms with Gasteiger partial charge in [0, 0.05) is 23.8 Å². The van der Waals surface area contributed by atoms with Gasteiger partial charge in [-0.2, -0.15) is 13.2 Å². The van der Waals surface area contributed by atoms with Crippen LogP contribution in [0.25, 0.3) is 10.9 Å². The SMILES string of the molecule is CC(C)(C)OC(=O)n1cc(CNC(=S)Nc2ccc(C(F)(F)F)cc2)c2ccccc21. The minimum atomic E-state index is -4.39. The average molecular weight is 449 g/mol. The number of carbonyl (C=O) groups excluding carboxylic acids is 1. The molecule has 0 unspecified atom stereocenters. The van der Waals surface area contributed by atoms with Crippen LogP contribution >= 0.6 is 12.2 Å². The van der Waals surface area contributed by atoms with Crippen LogP contribution < -0.4 is 10.6 Å². The van der Waals surface area contributed by atoms with Gasteiger partial charge in [0.2, 0.25) is 0 Å². The predicted octanol–water partition coefficient (Wildman–Crippen LogP) is 5.93. The number of aromatic nitrogens is 1. The Morgan fingerprint density at radius 2 is 1.71 bits per heavy atom. The molecule has 0 spiro atoms. The fraction of sp³-hybridized carbons (Fsp3) is 0.273. The summed E-state index contributed by atoms with van der Waals surface area (Å²) in [5.74, 6) is 0. The molecule has 1 heterocycles. The van der Waals surface area contributed by atoms with E-state index in [4.69, 9.17) is 17.0 Å². The monoisotopic (exact) mass is 449 g/mol. The number of nitrogens with zero attached hydrogens (tertiary/aromatic N) is 1. The first-order valence-electron chi connectivity index (χ1n) is 9.48. The molecule has 2 N–H and O–H groups in total. The van der Waals surface area contributed by atoms with Crippen molar-refractivity contribution in [3.05, 3.63) is 65.9 Å². The number of hydrogen-bond donors (Lipinski definition) is 2. The van der Waals surface area contributed by atoms with Crippen LogP contribution in [0.4, 0.5) is 23.7 Å². The molecule has 0 aliphatic rings. The number of carbonyl (C=O) groups is 1. The third-order valence-corrected chi connectivity index (χ3v) is 4.54. The van der Waals surface area contributed by atoms with E-state index in [9.17, 15) is 18.0 Å². The van der Waals surface area contributed by atoms with Crippen LogP contribution in [0.1, 0.15) is 31.9 Å². The summed E-state index contributed by atoms with van der Waals surface area (Å²) in [5, 5.41) is 6.98. The van der Waals surface area contributed by atoms with Gasteiger partial charge in [0.1, 0.15) is 5.60 Å². The Hall–Kier alpha value is -3.07. The maximum Gasteiger partial charge on any atom is 0.419 e. The Morgan fingerprint density at radius 3 is 2.32 bits per heavy atom. The molecular formula is C22H22F3N3O2S. The fourth-order valence-electron chi connectivity index (χ4n) is 2.95. The van der Waals surface area contributed by atoms with Crippen LogP contribution in [-0.2, 0) is 17.5 Å². The highest BCUT2D eigenvalue weighted by Gasteiger charge is 2.30. The number of fused-ring (bicyclic) bond motifs is 1. The van der Waals surface area contributed by atoms with Crippen LogP contribution in [0.3, 0.4) is 0 Å². The first-order valence-corrected chi connectivity index (χ1v) is 9.89. The van der Waals surface area contributed by atoms with E-state index in [-0.39, 0.29) is 5.11 Å². The second kappa shape index (κ2) is 8.58. The Kier molecular flexibility index (Phi) is 6.26. The van der Waals surface area contributed by atoms with Gasteiger partial charge in [0.05, 0.1) is 11.1 Å². The van der Waals surface area contributed by atoms with Crippen molar-refractivity contribution in [2.75, 3.05) is 5.32 Å². The molecule has 0 bridgehead atoms. The van der Waals surface area contributed by atoms with Crippen LogP contribution in [0.5, 0.6) is 0 Å². The number of thiocarbonyl (C=S) groups is 1. The summed E-state index contributed by atoms with van der Waals surface area (Å²) in [5.41, 5.74) is 0.593. The molecule has 0 aliphatic heterocycles. The largest absolute Gasteiger partial charge is 0.443 e. The van der Waals surface area contributed by atoms with Crippen LogP contribution in [0.2, 0.25) is 0 Å². The number of anilines is 1. The molecule has 0 radical (unpaired) electrons. The van der Waals surface area contributed by atoms with E-state index >= 15 is 0 Å². The molecule has 0 amide bonds. The molecule has 31 heavy (non-hydrogen) atoms. The minimum Gasteiger partial charge on any atom is -0.443 e. The Labute approximate surface area is 183 Å². The quantitative estimate of drug-likeness (QED) is 0.486. The van der Waals surface area contributed by atoms with Crippen LogP contribution in [0.15, 0.2) is 54.7 Å². The van der Waals surface area contributed by atoms with Gasteiger partial charge < -0.3 is 15.4 Å². The van der Waals surface area contributed by atoms with Crippen molar-refractivity contribution >= 4 is 40.0 Å². The number of hydrogen-bond acceptors (Lipinski definition) is 3. The number of benzene rings is 2. The molecule has 3 rings (SSSR count). The summed E-state index contributed by atoms with van der Waals surface area (Å²) in [6.07, 6.45) is -3.19. The van der Waals surface area contributed by atoms with Crippen molar-refractivity contribution in [1.82, 2.24) is 9.88 Å². The minimum absolute atomic E-state index is 0.244. The number of para-hydroxylation sites is 1. The van der Waals surface area contributed by atoms with E-state index in [1.54, 1.807) is 27.0 Å². The molecular weight excluding hydrogens is 427 g/mol. The molecule has 0 aliphatic carbocycles. The maximum atomic E-state index is 12.7. The molecule has 2 aromatic carbocycles. The standard InChI is InChI=1S/C22H22F3N3O2S/c1-21(2,3)30-20(29)28-13-14(17-6-4-5-7-18(17)28)12-26-19(31)27-16-10-8-15(9-11-16)22(23,24)25/h4-11,13H,12H2,1-3H3,(H2,26,27,31). The van der Waals surface area contributed by atoms with E-state index in [0.29, 0.717) is 17.7 Å². The second-order valence-electron chi connectivity index (χ2n) is 7.90. The van der Waals surface area contributed by atoms with Gasteiger partial charge in [0.25, 0.3) is 0 Å². The second-order valence-corrected chi connectivity index (χ2v) is 8.31. The smallest absolute Gasteiger partial charge is 0.419 e. The number of nitrogens with one attached hydrogen (secondary N) is 2. The van der Waals surface area contributed by atoms with Gasteiger partial charge in [-0.3, -0.25) is 4.57 Å². The van der Waals surface area contributed by atoms with E-state index in [1.807, 2.05) is 24.3 Å². The lowest BCUT2D eigenvalue weighted by atomic mass is 10.2. The lowest BCUT2D eigenvalue weighted by Gasteiger charge is -2.19. The molecule has 0 saturated carbocycles. The van der Waals surface area contributed by atoms with Gasteiger partial charge in [-0.15, -0.1) is 0 Å². The lowest BCUT2D eigenvalue weighted by Crippen LogP contribution is -2.28. The van der Waals surface area contributed by atoms with Crippen molar-refractivity contribution < 1.29 is 22.7 Å². The van der Waals surface area contributed by atoms with E-state index in [0.717, 1.165) is 23.1 Å². The summed E-state index contributed by atoms with van der Waals surface area (Å²) >= 11 is 5.25. The Bertz CT molecular complexity index is 1100. The summed E-state index contributed by atoms with van der Waals surface area (Å²) in [6.45, 7) is 5.70. The first-order chi connectivity index (χ1) is 14.4. The zero-order valence-electron chi connectivity index (χ0n) is 17.2. The number of alkyl halides is 3. The molecule has 9 heteroatoms. The number of halogens is 3. The zero-order chi connectivity index (χ0) is 22.8. The first kappa shape index (κ1) is 22.6. The topological polar surface area (TPSA) is 55.3 Å². The molecule has 1 aromatic heterocycles. The van der Waals surface area contributed by atoms with E-state index in [2.05, 4.69) is 10.6 Å². The third-order valence-electron chi connectivity index (χ3n) is 4.29. The molecule has 0 saturated heterocycles. The van der Waals surface area contributed by atoms with Gasteiger partial charge in [-0.05, 0) is 68.9 Å². The summed E-state index contributed by atoms with van der Waals surface area (Å²) < 4.78 is 44.9. The highest BCUT2D eigenvalue weighted by atomic mass is 32.1. The van der Waals surface area contributed by atoms with Crippen LogP contribution in [0, 0.1) is 0 Å². The molecule has 3 aromatic rings. The Balaban J connectivity index is 1.71. The van der Waals surface area contributed by atoms with Gasteiger partial charge in [0.15, 0.2) is 5.11 Å². The van der Waals surface area contributed by atoms with Gasteiger partial charge >= 0.3 is 12.3 Å². The van der Waals surface area contributed by atoms with E-state index in [1.165, 1.54) is 16.7 Å². The fourth-order valence-corrected chi connectivity index (χ4v) is 3.14.